The number of aromatic nitrogens is 3. The van der Waals surface area contributed by atoms with Crippen molar-refractivity contribution in [1.82, 2.24) is 30.3 Å². The fourth-order valence-electron chi connectivity index (χ4n) is 7.08. The molecule has 1 aromatic heterocycles. The molecule has 4 rings (SSSR count). The molecule has 300 valence electrons. The smallest absolute Gasteiger partial charge is 0.410 e. The molecular weight excluding hydrogens is 701 g/mol. The summed E-state index contributed by atoms with van der Waals surface area (Å²) < 4.78 is 31.1. The second-order valence-electron chi connectivity index (χ2n) is 15.8. The van der Waals surface area contributed by atoms with Crippen LogP contribution in [-0.4, -0.2) is 111 Å². The lowest BCUT2D eigenvalue weighted by Gasteiger charge is -2.53. The molecule has 1 spiro atoms. The lowest BCUT2D eigenvalue weighted by atomic mass is 9.76. The van der Waals surface area contributed by atoms with E-state index < -0.39 is 29.7 Å². The van der Waals surface area contributed by atoms with Gasteiger partial charge in [0.25, 0.3) is 18.3 Å². The topological polar surface area (TPSA) is 177 Å². The van der Waals surface area contributed by atoms with Crippen molar-refractivity contribution in [2.24, 2.45) is 17.3 Å². The average Bonchev–Trinajstić information content (AvgIpc) is 3.50. The lowest BCUT2D eigenvalue weighted by Crippen LogP contribution is -2.62. The number of halogens is 1. The lowest BCUT2D eigenvalue weighted by molar-refractivity contribution is -0.168. The second-order valence-corrected chi connectivity index (χ2v) is 15.8. The van der Waals surface area contributed by atoms with Gasteiger partial charge < -0.3 is 34.4 Å². The van der Waals surface area contributed by atoms with Crippen molar-refractivity contribution < 1.29 is 42.9 Å². The molecule has 2 fully saturated rings. The molecule has 0 bridgehead atoms. The highest BCUT2D eigenvalue weighted by Gasteiger charge is 2.50. The van der Waals surface area contributed by atoms with Crippen LogP contribution in [0, 0.1) is 23.1 Å². The fraction of sp³-hybridized carbons (Fsp3) is 0.658. The molecule has 15 nitrogen and oxygen atoms in total. The molecular formula is C38H58FN7O8. The minimum atomic E-state index is -0.991. The predicted molar refractivity (Wildman–Crippen MR) is 200 cm³/mol. The zero-order chi connectivity index (χ0) is 40.4. The Morgan fingerprint density at radius 3 is 2.35 bits per heavy atom. The molecule has 2 saturated heterocycles. The summed E-state index contributed by atoms with van der Waals surface area (Å²) in [5.74, 6) is -0.293. The van der Waals surface area contributed by atoms with Gasteiger partial charge in [0.05, 0.1) is 11.5 Å². The van der Waals surface area contributed by atoms with E-state index in [-0.39, 0.29) is 53.0 Å². The van der Waals surface area contributed by atoms with Gasteiger partial charge in [-0.2, -0.15) is 0 Å². The first-order chi connectivity index (χ1) is 25.3. The van der Waals surface area contributed by atoms with Crippen molar-refractivity contribution >= 4 is 30.3 Å². The minimum Gasteiger partial charge on any atom is -0.483 e. The maximum absolute atomic E-state index is 14.4. The number of hydrogen-bond donors (Lipinski definition) is 2. The summed E-state index contributed by atoms with van der Waals surface area (Å²) in [4.78, 5) is 57.2. The van der Waals surface area contributed by atoms with Gasteiger partial charge in [-0.1, -0.05) is 27.7 Å². The number of ether oxygens (including phenoxy) is 3. The highest BCUT2D eigenvalue weighted by atomic mass is 19.1. The number of rotatable bonds is 15. The highest BCUT2D eigenvalue weighted by molar-refractivity contribution is 5.97. The Morgan fingerprint density at radius 2 is 1.76 bits per heavy atom. The number of anilines is 1. The molecule has 0 saturated carbocycles. The van der Waals surface area contributed by atoms with Crippen molar-refractivity contribution in [2.75, 3.05) is 37.6 Å². The summed E-state index contributed by atoms with van der Waals surface area (Å²) >= 11 is 0. The molecule has 2 N–H and O–H groups in total. The number of nitrogens with zero attached hydrogens (tertiary/aromatic N) is 6. The van der Waals surface area contributed by atoms with E-state index in [1.165, 1.54) is 31.5 Å². The van der Waals surface area contributed by atoms with Crippen LogP contribution >= 0.6 is 0 Å². The summed E-state index contributed by atoms with van der Waals surface area (Å²) in [7, 11) is 0. The van der Waals surface area contributed by atoms with E-state index in [0.29, 0.717) is 24.7 Å². The van der Waals surface area contributed by atoms with Gasteiger partial charge in [0.2, 0.25) is 6.29 Å². The van der Waals surface area contributed by atoms with E-state index in [1.807, 2.05) is 34.6 Å². The third-order valence-corrected chi connectivity index (χ3v) is 9.46. The van der Waals surface area contributed by atoms with Crippen molar-refractivity contribution in [2.45, 2.75) is 112 Å². The first kappa shape index (κ1) is 43.8. The quantitative estimate of drug-likeness (QED) is 0.128. The Kier molecular flexibility index (Phi) is 15.5. The van der Waals surface area contributed by atoms with Gasteiger partial charge in [0.1, 0.15) is 17.9 Å². The Morgan fingerprint density at radius 1 is 1.09 bits per heavy atom. The monoisotopic (exact) mass is 759 g/mol. The van der Waals surface area contributed by atoms with Crippen molar-refractivity contribution in [3.8, 4) is 11.6 Å². The number of carboxylic acid groups (broad SMARTS) is 1. The van der Waals surface area contributed by atoms with Crippen LogP contribution in [0.1, 0.15) is 98.9 Å². The van der Waals surface area contributed by atoms with Crippen LogP contribution in [-0.2, 0) is 19.1 Å². The van der Waals surface area contributed by atoms with E-state index >= 15 is 0 Å². The number of esters is 1. The Hall–Kier alpha value is -4.60. The number of nitrogens with one attached hydrogen (secondary N) is 1. The van der Waals surface area contributed by atoms with Gasteiger partial charge >= 0.3 is 12.1 Å². The maximum Gasteiger partial charge on any atom is 0.410 e. The number of amides is 2. The molecule has 3 heterocycles. The predicted octanol–water partition coefficient (Wildman–Crippen LogP) is 5.74. The summed E-state index contributed by atoms with van der Waals surface area (Å²) in [5.41, 5.74) is -0.425. The number of carbonyl (C=O) groups is 4. The van der Waals surface area contributed by atoms with Gasteiger partial charge in [-0.25, -0.2) is 14.2 Å². The van der Waals surface area contributed by atoms with Crippen LogP contribution in [0.3, 0.4) is 0 Å². The molecule has 54 heavy (non-hydrogen) atoms. The molecule has 0 radical (unpaired) electrons. The van der Waals surface area contributed by atoms with E-state index in [9.17, 15) is 18.8 Å². The summed E-state index contributed by atoms with van der Waals surface area (Å²) in [6, 6.07) is 4.04. The largest absolute Gasteiger partial charge is 0.483 e. The van der Waals surface area contributed by atoms with Crippen LogP contribution < -0.4 is 15.0 Å². The number of benzene rings is 1. The zero-order valence-electron chi connectivity index (χ0n) is 33.3. The van der Waals surface area contributed by atoms with Gasteiger partial charge in [-0.15, -0.1) is 10.2 Å². The third-order valence-electron chi connectivity index (χ3n) is 9.46. The van der Waals surface area contributed by atoms with Crippen LogP contribution in [0.5, 0.6) is 11.6 Å². The third kappa shape index (κ3) is 12.0. The molecule has 2 aromatic rings. The molecule has 2 atom stereocenters. The Labute approximate surface area is 317 Å². The van der Waals surface area contributed by atoms with E-state index in [1.54, 1.807) is 18.7 Å². The van der Waals surface area contributed by atoms with Gasteiger partial charge in [0, 0.05) is 62.7 Å². The molecule has 1 aromatic carbocycles. The first-order valence-corrected chi connectivity index (χ1v) is 18.6. The SMILES string of the molecule is CCN(C(=O)c1cc(F)ccc1Oc1nncnc1N1CCC2(C1)CN(C(CC(C)C)CC(C)(C)NC(=O)OC(C)OC(=O)C(C)C)C2)C(C)C.O=CO. The maximum atomic E-state index is 14.4. The summed E-state index contributed by atoms with van der Waals surface area (Å²) in [6.07, 6.45) is 2.37. The standard InChI is InChI=1S/C37H56FN7O6.CH2O2/c1-11-45(25(6)7)33(46)29-17-27(38)12-13-30(29)51-32-31(39-22-40-42-32)43-15-14-37(19-43)20-44(21-37)28(16-23(2)3)18-36(9,10)41-35(48)50-26(8)49-34(47)24(4)5;2-1-3/h12-13,17,22-26,28H,11,14-16,18-21H2,1-10H3,(H,41,48);1H,(H,2,3). The highest BCUT2D eigenvalue weighted by Crippen LogP contribution is 2.45. The molecule has 16 heteroatoms. The molecule has 0 aliphatic carbocycles. The molecule has 2 aliphatic heterocycles. The van der Waals surface area contributed by atoms with Crippen LogP contribution in [0.2, 0.25) is 0 Å². The van der Waals surface area contributed by atoms with Crippen molar-refractivity contribution in [3.63, 3.8) is 0 Å². The van der Waals surface area contributed by atoms with Crippen LogP contribution in [0.15, 0.2) is 24.5 Å². The van der Waals surface area contributed by atoms with Gasteiger partial charge in [0.15, 0.2) is 5.82 Å². The fourth-order valence-corrected chi connectivity index (χ4v) is 7.08. The summed E-state index contributed by atoms with van der Waals surface area (Å²) in [5, 5.41) is 18.1. The van der Waals surface area contributed by atoms with E-state index in [2.05, 4.69) is 44.1 Å². The van der Waals surface area contributed by atoms with Gasteiger partial charge in [-0.3, -0.25) is 19.3 Å². The minimum absolute atomic E-state index is 0.0412. The average molecular weight is 760 g/mol. The van der Waals surface area contributed by atoms with Gasteiger partial charge in [-0.05, 0) is 78.0 Å². The van der Waals surface area contributed by atoms with Crippen LogP contribution in [0.25, 0.3) is 0 Å². The van der Waals surface area contributed by atoms with Crippen molar-refractivity contribution in [3.05, 3.63) is 35.9 Å². The normalized spacial score (nSPS) is 16.3. The zero-order valence-corrected chi connectivity index (χ0v) is 33.3. The Balaban J connectivity index is 0.00000253. The second kappa shape index (κ2) is 19.1. The number of carbonyl (C=O) groups excluding carboxylic acids is 3. The molecule has 2 aliphatic rings. The number of alkyl carbamates (subject to hydrolysis) is 1. The van der Waals surface area contributed by atoms with Crippen molar-refractivity contribution in [1.29, 1.82) is 0 Å². The number of hydrogen-bond acceptors (Lipinski definition) is 12. The molecule has 2 unspecified atom stereocenters. The number of likely N-dealkylation sites (tertiary alicyclic amines) is 1. The molecule has 2 amide bonds. The Bertz CT molecular complexity index is 1580. The van der Waals surface area contributed by atoms with E-state index in [4.69, 9.17) is 24.1 Å². The summed E-state index contributed by atoms with van der Waals surface area (Å²) in [6.45, 7) is 22.5. The van der Waals surface area contributed by atoms with E-state index in [0.717, 1.165) is 39.0 Å². The first-order valence-electron chi connectivity index (χ1n) is 18.6. The van der Waals surface area contributed by atoms with Crippen LogP contribution in [0.4, 0.5) is 15.0 Å².